The zero-order valence-corrected chi connectivity index (χ0v) is 11.2. The highest BCUT2D eigenvalue weighted by molar-refractivity contribution is 6.33. The van der Waals surface area contributed by atoms with Crippen molar-refractivity contribution in [1.29, 1.82) is 0 Å². The minimum Gasteiger partial charge on any atom is -0.389 e. The Hall–Kier alpha value is -0.280. The average molecular weight is 262 g/mol. The number of nitrogens with one attached hydrogen (secondary N) is 1. The Morgan fingerprint density at radius 2 is 2.00 bits per heavy atom. The molecule has 0 bridgehead atoms. The van der Waals surface area contributed by atoms with Crippen molar-refractivity contribution in [2.24, 2.45) is 0 Å². The highest BCUT2D eigenvalue weighted by Gasteiger charge is 2.16. The minimum absolute atomic E-state index is 0.0534. The number of hydrogen-bond acceptors (Lipinski definition) is 2. The van der Waals surface area contributed by atoms with E-state index in [0.29, 0.717) is 16.6 Å². The molecule has 0 aliphatic carbocycles. The van der Waals surface area contributed by atoms with Gasteiger partial charge < -0.3 is 10.4 Å². The van der Waals surface area contributed by atoms with Crippen molar-refractivity contribution in [2.75, 3.05) is 6.54 Å². The van der Waals surface area contributed by atoms with Crippen molar-refractivity contribution in [3.05, 3.63) is 33.8 Å². The van der Waals surface area contributed by atoms with Gasteiger partial charge in [0, 0.05) is 22.6 Å². The zero-order valence-electron chi connectivity index (χ0n) is 9.72. The molecule has 1 rings (SSSR count). The van der Waals surface area contributed by atoms with Gasteiger partial charge in [0.15, 0.2) is 0 Å². The Kier molecular flexibility index (Phi) is 4.62. The van der Waals surface area contributed by atoms with Gasteiger partial charge in [0.25, 0.3) is 0 Å². The Bertz CT molecular complexity index is 361. The van der Waals surface area contributed by atoms with Crippen molar-refractivity contribution in [1.82, 2.24) is 5.32 Å². The molecule has 2 N–H and O–H groups in total. The van der Waals surface area contributed by atoms with Crippen LogP contribution in [0.5, 0.6) is 0 Å². The smallest absolute Gasteiger partial charge is 0.0715 e. The summed E-state index contributed by atoms with van der Waals surface area (Å²) in [6.07, 6.45) is 0. The molecule has 90 valence electrons. The monoisotopic (exact) mass is 261 g/mol. The fourth-order valence-electron chi connectivity index (χ4n) is 1.36. The Morgan fingerprint density at radius 3 is 2.56 bits per heavy atom. The second-order valence-corrected chi connectivity index (χ2v) is 5.42. The van der Waals surface area contributed by atoms with E-state index in [2.05, 4.69) is 5.32 Å². The van der Waals surface area contributed by atoms with Crippen LogP contribution in [0.3, 0.4) is 0 Å². The lowest BCUT2D eigenvalue weighted by Gasteiger charge is -2.22. The van der Waals surface area contributed by atoms with Crippen LogP contribution in [0, 0.1) is 0 Å². The molecule has 0 aliphatic rings. The summed E-state index contributed by atoms with van der Waals surface area (Å²) in [4.78, 5) is 0. The fourth-order valence-corrected chi connectivity index (χ4v) is 1.82. The van der Waals surface area contributed by atoms with Gasteiger partial charge in [-0.15, -0.1) is 0 Å². The zero-order chi connectivity index (χ0) is 12.3. The summed E-state index contributed by atoms with van der Waals surface area (Å²) in [6, 6.07) is 5.43. The molecule has 1 unspecified atom stereocenters. The molecule has 16 heavy (non-hydrogen) atoms. The molecule has 2 nitrogen and oxygen atoms in total. The summed E-state index contributed by atoms with van der Waals surface area (Å²) in [7, 11) is 0. The summed E-state index contributed by atoms with van der Waals surface area (Å²) in [5.74, 6) is 0. The molecule has 0 saturated heterocycles. The standard InChI is InChI=1S/C12H17Cl2NO/c1-8(15-7-12(2,3)16)10-6-9(13)4-5-11(10)14/h4-6,8,15-16H,7H2,1-3H3. The summed E-state index contributed by atoms with van der Waals surface area (Å²) >= 11 is 12.0. The van der Waals surface area contributed by atoms with Crippen LogP contribution in [-0.2, 0) is 0 Å². The molecule has 0 heterocycles. The molecule has 0 saturated carbocycles. The van der Waals surface area contributed by atoms with Crippen molar-refractivity contribution in [3.63, 3.8) is 0 Å². The van der Waals surface area contributed by atoms with Crippen LogP contribution >= 0.6 is 23.2 Å². The summed E-state index contributed by atoms with van der Waals surface area (Å²) < 4.78 is 0. The summed E-state index contributed by atoms with van der Waals surface area (Å²) in [5, 5.41) is 14.2. The van der Waals surface area contributed by atoms with E-state index in [1.807, 2.05) is 13.0 Å². The van der Waals surface area contributed by atoms with E-state index in [9.17, 15) is 5.11 Å². The number of hydrogen-bond donors (Lipinski definition) is 2. The second kappa shape index (κ2) is 5.37. The molecule has 0 amide bonds. The van der Waals surface area contributed by atoms with E-state index in [0.717, 1.165) is 5.56 Å². The van der Waals surface area contributed by atoms with E-state index in [4.69, 9.17) is 23.2 Å². The van der Waals surface area contributed by atoms with E-state index in [-0.39, 0.29) is 6.04 Å². The summed E-state index contributed by atoms with van der Waals surface area (Å²) in [5.41, 5.74) is 0.206. The number of rotatable bonds is 4. The van der Waals surface area contributed by atoms with Crippen molar-refractivity contribution >= 4 is 23.2 Å². The third-order valence-electron chi connectivity index (χ3n) is 2.27. The maximum absolute atomic E-state index is 9.62. The molecule has 0 spiro atoms. The lowest BCUT2D eigenvalue weighted by Crippen LogP contribution is -2.36. The van der Waals surface area contributed by atoms with Crippen molar-refractivity contribution in [3.8, 4) is 0 Å². The molecule has 0 radical (unpaired) electrons. The predicted octanol–water partition coefficient (Wildman–Crippen LogP) is 3.41. The van der Waals surface area contributed by atoms with Crippen LogP contribution in [0.25, 0.3) is 0 Å². The lowest BCUT2D eigenvalue weighted by molar-refractivity contribution is 0.0770. The van der Waals surface area contributed by atoms with Gasteiger partial charge in [0.1, 0.15) is 0 Å². The largest absolute Gasteiger partial charge is 0.389 e. The van der Waals surface area contributed by atoms with Gasteiger partial charge in [-0.25, -0.2) is 0 Å². The Balaban J connectivity index is 2.73. The quantitative estimate of drug-likeness (QED) is 0.871. The van der Waals surface area contributed by atoms with Gasteiger partial charge in [-0.3, -0.25) is 0 Å². The molecule has 0 aromatic heterocycles. The molecule has 1 aromatic carbocycles. The lowest BCUT2D eigenvalue weighted by atomic mass is 10.1. The second-order valence-electron chi connectivity index (χ2n) is 4.58. The number of benzene rings is 1. The Morgan fingerprint density at radius 1 is 1.38 bits per heavy atom. The van der Waals surface area contributed by atoms with Crippen LogP contribution in [0.15, 0.2) is 18.2 Å². The van der Waals surface area contributed by atoms with E-state index in [1.54, 1.807) is 26.0 Å². The first-order chi connectivity index (χ1) is 7.29. The van der Waals surface area contributed by atoms with E-state index in [1.165, 1.54) is 0 Å². The Labute approximate surface area is 107 Å². The molecular weight excluding hydrogens is 245 g/mol. The van der Waals surface area contributed by atoms with Gasteiger partial charge in [-0.2, -0.15) is 0 Å². The molecule has 4 heteroatoms. The van der Waals surface area contributed by atoms with Crippen LogP contribution in [-0.4, -0.2) is 17.3 Å². The van der Waals surface area contributed by atoms with Crippen molar-refractivity contribution in [2.45, 2.75) is 32.4 Å². The first-order valence-corrected chi connectivity index (χ1v) is 5.96. The van der Waals surface area contributed by atoms with E-state index < -0.39 is 5.60 Å². The number of aliphatic hydroxyl groups is 1. The molecule has 1 atom stereocenters. The topological polar surface area (TPSA) is 32.3 Å². The highest BCUT2D eigenvalue weighted by Crippen LogP contribution is 2.26. The van der Waals surface area contributed by atoms with Crippen LogP contribution in [0.2, 0.25) is 10.0 Å². The van der Waals surface area contributed by atoms with Gasteiger partial charge in [-0.1, -0.05) is 23.2 Å². The maximum atomic E-state index is 9.62. The van der Waals surface area contributed by atoms with Gasteiger partial charge in [0.05, 0.1) is 5.60 Å². The third kappa shape index (κ3) is 4.30. The van der Waals surface area contributed by atoms with Gasteiger partial charge in [-0.05, 0) is 44.5 Å². The van der Waals surface area contributed by atoms with Crippen LogP contribution in [0.4, 0.5) is 0 Å². The van der Waals surface area contributed by atoms with Crippen LogP contribution < -0.4 is 5.32 Å². The maximum Gasteiger partial charge on any atom is 0.0715 e. The molecule has 0 aliphatic heterocycles. The average Bonchev–Trinajstić information content (AvgIpc) is 2.17. The normalized spacial score (nSPS) is 13.9. The summed E-state index contributed by atoms with van der Waals surface area (Å²) in [6.45, 7) is 6.00. The first-order valence-electron chi connectivity index (χ1n) is 5.20. The van der Waals surface area contributed by atoms with Gasteiger partial charge in [0.2, 0.25) is 0 Å². The van der Waals surface area contributed by atoms with Gasteiger partial charge >= 0.3 is 0 Å². The predicted molar refractivity (Wildman–Crippen MR) is 69.2 cm³/mol. The fraction of sp³-hybridized carbons (Fsp3) is 0.500. The highest BCUT2D eigenvalue weighted by atomic mass is 35.5. The first kappa shape index (κ1) is 13.8. The SMILES string of the molecule is CC(NCC(C)(C)O)c1cc(Cl)ccc1Cl. The molecule has 1 aromatic rings. The number of halogens is 2. The van der Waals surface area contributed by atoms with E-state index >= 15 is 0 Å². The third-order valence-corrected chi connectivity index (χ3v) is 2.84. The van der Waals surface area contributed by atoms with Crippen molar-refractivity contribution < 1.29 is 5.11 Å². The van der Waals surface area contributed by atoms with Crippen LogP contribution in [0.1, 0.15) is 32.4 Å². The molecule has 0 fully saturated rings. The minimum atomic E-state index is -0.737. The molecular formula is C12H17Cl2NO.